The molecule has 192 valence electrons. The minimum absolute atomic E-state index is 0.0315. The summed E-state index contributed by atoms with van der Waals surface area (Å²) in [5.74, 6) is 0. The second kappa shape index (κ2) is 8.20. The number of nitrogens with zero attached hydrogens (tertiary/aromatic N) is 1. The van der Waals surface area contributed by atoms with Crippen molar-refractivity contribution >= 4 is 65.7 Å². The molecule has 0 radical (unpaired) electrons. The van der Waals surface area contributed by atoms with E-state index in [9.17, 15) is 4.79 Å². The molecule has 0 unspecified atom stereocenters. The molecule has 0 spiro atoms. The molecule has 4 nitrogen and oxygen atoms in total. The van der Waals surface area contributed by atoms with Gasteiger partial charge < -0.3 is 13.4 Å². The van der Waals surface area contributed by atoms with Gasteiger partial charge in [-0.3, -0.25) is 4.79 Å². The number of benzene rings is 6. The summed E-state index contributed by atoms with van der Waals surface area (Å²) in [5, 5.41) is 5.58. The second-order valence-corrected chi connectivity index (χ2v) is 10.4. The van der Waals surface area contributed by atoms with Gasteiger partial charge in [-0.1, -0.05) is 78.9 Å². The highest BCUT2D eigenvalue weighted by Gasteiger charge is 2.20. The van der Waals surface area contributed by atoms with Crippen molar-refractivity contribution in [3.63, 3.8) is 0 Å². The van der Waals surface area contributed by atoms with Crippen molar-refractivity contribution in [3.05, 3.63) is 138 Å². The lowest BCUT2D eigenvalue weighted by Gasteiger charge is -2.11. The summed E-state index contributed by atoms with van der Waals surface area (Å²) >= 11 is 0. The Balaban J connectivity index is 1.41. The quantitative estimate of drug-likeness (QED) is 0.210. The van der Waals surface area contributed by atoms with Crippen LogP contribution in [0.2, 0.25) is 0 Å². The third kappa shape index (κ3) is 3.07. The van der Waals surface area contributed by atoms with E-state index in [1.165, 1.54) is 0 Å². The predicted octanol–water partition coefficient (Wildman–Crippen LogP) is 9.61. The third-order valence-corrected chi connectivity index (χ3v) is 8.20. The van der Waals surface area contributed by atoms with Crippen molar-refractivity contribution in [1.29, 1.82) is 0 Å². The van der Waals surface area contributed by atoms with Gasteiger partial charge in [0.05, 0.1) is 27.2 Å². The van der Waals surface area contributed by atoms with E-state index in [2.05, 4.69) is 47.0 Å². The maximum absolute atomic E-state index is 13.7. The molecule has 0 amide bonds. The van der Waals surface area contributed by atoms with Gasteiger partial charge in [0.2, 0.25) is 5.43 Å². The first-order chi connectivity index (χ1) is 20.3. The van der Waals surface area contributed by atoms with Crippen molar-refractivity contribution in [2.75, 3.05) is 0 Å². The highest BCUT2D eigenvalue weighted by molar-refractivity contribution is 6.24. The number of para-hydroxylation sites is 3. The van der Waals surface area contributed by atoms with Crippen LogP contribution in [0.1, 0.15) is 0 Å². The van der Waals surface area contributed by atoms with Crippen molar-refractivity contribution in [2.45, 2.75) is 0 Å². The number of furan rings is 1. The summed E-state index contributed by atoms with van der Waals surface area (Å²) < 4.78 is 15.1. The summed E-state index contributed by atoms with van der Waals surface area (Å²) in [4.78, 5) is 13.7. The van der Waals surface area contributed by atoms with Crippen LogP contribution in [0.3, 0.4) is 0 Å². The molecule has 0 saturated heterocycles. The molecular weight excluding hydrogens is 506 g/mol. The average molecular weight is 528 g/mol. The van der Waals surface area contributed by atoms with E-state index in [1.54, 1.807) is 0 Å². The number of hydrogen-bond acceptors (Lipinski definition) is 3. The first-order valence-corrected chi connectivity index (χ1v) is 13.6. The molecule has 6 aromatic carbocycles. The van der Waals surface area contributed by atoms with Gasteiger partial charge in [-0.2, -0.15) is 0 Å². The Morgan fingerprint density at radius 3 is 2.17 bits per heavy atom. The van der Waals surface area contributed by atoms with Gasteiger partial charge in [-0.25, -0.2) is 0 Å². The van der Waals surface area contributed by atoms with Crippen LogP contribution in [0.15, 0.2) is 141 Å². The van der Waals surface area contributed by atoms with Crippen LogP contribution in [0.4, 0.5) is 0 Å². The molecule has 9 rings (SSSR count). The van der Waals surface area contributed by atoms with Gasteiger partial charge in [0.25, 0.3) is 0 Å². The van der Waals surface area contributed by atoms with Crippen LogP contribution in [-0.2, 0) is 0 Å². The maximum Gasteiger partial charge on any atom is 0.200 e. The Hall–Kier alpha value is -5.61. The summed E-state index contributed by atoms with van der Waals surface area (Å²) in [7, 11) is 0. The fourth-order valence-corrected chi connectivity index (χ4v) is 6.38. The molecule has 4 heteroatoms. The Morgan fingerprint density at radius 1 is 0.512 bits per heavy atom. The van der Waals surface area contributed by atoms with Gasteiger partial charge in [0, 0.05) is 33.5 Å². The molecule has 0 aliphatic carbocycles. The first kappa shape index (κ1) is 22.2. The molecule has 0 aliphatic rings. The summed E-state index contributed by atoms with van der Waals surface area (Å²) in [6, 6.07) is 42.5. The topological polar surface area (TPSA) is 48.3 Å². The largest absolute Gasteiger partial charge is 0.456 e. The molecule has 3 heterocycles. The van der Waals surface area contributed by atoms with E-state index in [4.69, 9.17) is 8.83 Å². The zero-order chi connectivity index (χ0) is 27.1. The minimum atomic E-state index is -0.0315. The lowest BCUT2D eigenvalue weighted by molar-refractivity contribution is 0.661. The standard InChI is InChI=1S/C37H21NO3/c39-36-28-18-17-23(21-33(28)41-37-24(13-8-14-29(36)37)22-9-2-1-3-10-22)38-30-15-6-4-11-25(30)26-19-20-32-34(35(26)38)27-12-5-7-16-31(27)40-32/h1-21H. The molecular formula is C37H21NO3. The van der Waals surface area contributed by atoms with E-state index in [-0.39, 0.29) is 5.43 Å². The van der Waals surface area contributed by atoms with Gasteiger partial charge in [-0.05, 0) is 48.0 Å². The highest BCUT2D eigenvalue weighted by atomic mass is 16.3. The molecule has 0 fully saturated rings. The minimum Gasteiger partial charge on any atom is -0.456 e. The molecule has 0 atom stereocenters. The van der Waals surface area contributed by atoms with Crippen LogP contribution in [-0.4, -0.2) is 4.57 Å². The number of hydrogen-bond donors (Lipinski definition) is 0. The molecule has 9 aromatic rings. The summed E-state index contributed by atoms with van der Waals surface area (Å²) in [6.45, 7) is 0. The second-order valence-electron chi connectivity index (χ2n) is 10.4. The van der Waals surface area contributed by atoms with Crippen LogP contribution in [0, 0.1) is 0 Å². The van der Waals surface area contributed by atoms with Crippen molar-refractivity contribution in [2.24, 2.45) is 0 Å². The molecule has 41 heavy (non-hydrogen) atoms. The van der Waals surface area contributed by atoms with E-state index in [1.807, 2.05) is 84.9 Å². The highest BCUT2D eigenvalue weighted by Crippen LogP contribution is 2.41. The molecule has 0 bridgehead atoms. The van der Waals surface area contributed by atoms with Gasteiger partial charge >= 0.3 is 0 Å². The Bertz CT molecular complexity index is 2550. The Kier molecular flexibility index (Phi) is 4.44. The lowest BCUT2D eigenvalue weighted by atomic mass is 10.0. The Morgan fingerprint density at radius 2 is 1.27 bits per heavy atom. The van der Waals surface area contributed by atoms with Crippen molar-refractivity contribution < 1.29 is 8.83 Å². The number of aromatic nitrogens is 1. The van der Waals surface area contributed by atoms with Crippen LogP contribution < -0.4 is 5.43 Å². The monoisotopic (exact) mass is 527 g/mol. The third-order valence-electron chi connectivity index (χ3n) is 8.20. The van der Waals surface area contributed by atoms with Gasteiger partial charge in [0.1, 0.15) is 22.3 Å². The SMILES string of the molecule is O=c1c2ccc(-n3c4ccccc4c4ccc5oc6ccccc6c5c43)cc2oc2c(-c3ccccc3)cccc12. The van der Waals surface area contributed by atoms with Crippen LogP contribution in [0.25, 0.3) is 82.5 Å². The van der Waals surface area contributed by atoms with Crippen LogP contribution in [0.5, 0.6) is 0 Å². The maximum atomic E-state index is 13.7. The molecule has 0 saturated carbocycles. The Labute approximate surface area is 233 Å². The molecule has 0 N–H and O–H groups in total. The first-order valence-electron chi connectivity index (χ1n) is 13.6. The fraction of sp³-hybridized carbons (Fsp3) is 0. The zero-order valence-corrected chi connectivity index (χ0v) is 21.8. The van der Waals surface area contributed by atoms with E-state index >= 15 is 0 Å². The molecule has 0 aliphatic heterocycles. The smallest absolute Gasteiger partial charge is 0.200 e. The van der Waals surface area contributed by atoms with Crippen LogP contribution >= 0.6 is 0 Å². The van der Waals surface area contributed by atoms with E-state index in [0.29, 0.717) is 21.9 Å². The number of fused-ring (bicyclic) bond motifs is 9. The summed E-state index contributed by atoms with van der Waals surface area (Å²) in [5.41, 5.74) is 7.79. The van der Waals surface area contributed by atoms with Gasteiger partial charge in [0.15, 0.2) is 0 Å². The number of rotatable bonds is 2. The van der Waals surface area contributed by atoms with E-state index in [0.717, 1.165) is 60.6 Å². The van der Waals surface area contributed by atoms with Gasteiger partial charge in [-0.15, -0.1) is 0 Å². The zero-order valence-electron chi connectivity index (χ0n) is 21.8. The normalized spacial score (nSPS) is 12.0. The van der Waals surface area contributed by atoms with Crippen molar-refractivity contribution in [3.8, 4) is 16.8 Å². The molecule has 3 aromatic heterocycles. The fourth-order valence-electron chi connectivity index (χ4n) is 6.38. The van der Waals surface area contributed by atoms with Crippen molar-refractivity contribution in [1.82, 2.24) is 4.57 Å². The predicted molar refractivity (Wildman–Crippen MR) is 167 cm³/mol. The summed E-state index contributed by atoms with van der Waals surface area (Å²) in [6.07, 6.45) is 0. The average Bonchev–Trinajstić information content (AvgIpc) is 3.57. The van der Waals surface area contributed by atoms with E-state index < -0.39 is 0 Å². The lowest BCUT2D eigenvalue weighted by Crippen LogP contribution is -2.04.